The van der Waals surface area contributed by atoms with Crippen molar-refractivity contribution in [3.05, 3.63) is 65.4 Å². The predicted molar refractivity (Wildman–Crippen MR) is 100.0 cm³/mol. The molecule has 0 N–H and O–H groups in total. The summed E-state index contributed by atoms with van der Waals surface area (Å²) in [5.41, 5.74) is 1.32. The molecule has 0 amide bonds. The Hall–Kier alpha value is -2.87. The van der Waals surface area contributed by atoms with Crippen molar-refractivity contribution in [2.24, 2.45) is 0 Å². The van der Waals surface area contributed by atoms with Crippen LogP contribution in [-0.4, -0.2) is 16.8 Å². The number of aryl methyl sites for hydroxylation is 1. The third-order valence-electron chi connectivity index (χ3n) is 3.95. The summed E-state index contributed by atoms with van der Waals surface area (Å²) in [6.45, 7) is 2.16. The van der Waals surface area contributed by atoms with E-state index in [1.807, 2.05) is 6.92 Å². The average Bonchev–Trinajstić information content (AvgIpc) is 3.13. The predicted octanol–water partition coefficient (Wildman–Crippen LogP) is 5.13. The summed E-state index contributed by atoms with van der Waals surface area (Å²) in [6, 6.07) is 10.5. The highest BCUT2D eigenvalue weighted by Gasteiger charge is 2.15. The first-order valence-electron chi connectivity index (χ1n) is 8.62. The van der Waals surface area contributed by atoms with Crippen LogP contribution in [0, 0.1) is 11.6 Å². The van der Waals surface area contributed by atoms with Crippen LogP contribution in [0.15, 0.2) is 47.6 Å². The van der Waals surface area contributed by atoms with Gasteiger partial charge in [-0.3, -0.25) is 0 Å². The molecule has 0 aliphatic carbocycles. The highest BCUT2D eigenvalue weighted by Crippen LogP contribution is 2.36. The van der Waals surface area contributed by atoms with Crippen LogP contribution < -0.4 is 14.2 Å². The van der Waals surface area contributed by atoms with Crippen molar-refractivity contribution in [2.45, 2.75) is 24.3 Å². The second kappa shape index (κ2) is 8.02. The molecule has 0 fully saturated rings. The van der Waals surface area contributed by atoms with E-state index in [0.29, 0.717) is 46.0 Å². The fourth-order valence-corrected chi connectivity index (χ4v) is 3.45. The molecule has 1 aliphatic heterocycles. The average molecular weight is 402 g/mol. The Bertz CT molecular complexity index is 996. The summed E-state index contributed by atoms with van der Waals surface area (Å²) in [5, 5.41) is 0.472. The maximum absolute atomic E-state index is 13.4. The van der Waals surface area contributed by atoms with Crippen molar-refractivity contribution < 1.29 is 23.0 Å². The zero-order valence-corrected chi connectivity index (χ0v) is 15.8. The van der Waals surface area contributed by atoms with Crippen LogP contribution in [0.2, 0.25) is 0 Å². The third-order valence-corrected chi connectivity index (χ3v) is 4.87. The number of hydrogen-bond acceptors (Lipinski definition) is 6. The van der Waals surface area contributed by atoms with E-state index in [-0.39, 0.29) is 6.79 Å². The lowest BCUT2D eigenvalue weighted by atomic mass is 10.2. The maximum Gasteiger partial charge on any atom is 0.231 e. The Balaban J connectivity index is 1.52. The Labute approximate surface area is 164 Å². The summed E-state index contributed by atoms with van der Waals surface area (Å²) < 4.78 is 43.2. The van der Waals surface area contributed by atoms with E-state index in [2.05, 4.69) is 9.97 Å². The van der Waals surface area contributed by atoms with Gasteiger partial charge < -0.3 is 14.2 Å². The fourth-order valence-electron chi connectivity index (χ4n) is 2.65. The minimum absolute atomic E-state index is 0.188. The molecule has 0 bridgehead atoms. The summed E-state index contributed by atoms with van der Waals surface area (Å²) in [4.78, 5) is 8.85. The molecule has 0 atom stereocenters. The first-order chi connectivity index (χ1) is 13.6. The van der Waals surface area contributed by atoms with Gasteiger partial charge in [-0.2, -0.15) is 4.98 Å². The number of aromatic nitrogens is 2. The van der Waals surface area contributed by atoms with Crippen molar-refractivity contribution in [2.75, 3.05) is 6.79 Å². The molecule has 0 unspecified atom stereocenters. The number of hydrogen-bond donors (Lipinski definition) is 0. The molecule has 0 spiro atoms. The Kier molecular flexibility index (Phi) is 5.29. The highest BCUT2D eigenvalue weighted by atomic mass is 32.2. The van der Waals surface area contributed by atoms with Gasteiger partial charge in [0.2, 0.25) is 12.7 Å². The highest BCUT2D eigenvalue weighted by molar-refractivity contribution is 7.98. The summed E-state index contributed by atoms with van der Waals surface area (Å²) in [6.07, 6.45) is 0.697. The Morgan fingerprint density at radius 2 is 1.79 bits per heavy atom. The standard InChI is InChI=1S/C20H16F2N2O3S/c1-2-15-8-19(27-16-3-4-17-18(9-16)26-11-25-17)24-20(23-15)28-10-12-5-13(21)7-14(22)6-12/h3-9H,2,10-11H2,1H3. The van der Waals surface area contributed by atoms with Crippen LogP contribution in [-0.2, 0) is 12.2 Å². The summed E-state index contributed by atoms with van der Waals surface area (Å²) in [5.74, 6) is 1.36. The second-order valence-electron chi connectivity index (χ2n) is 6.02. The van der Waals surface area contributed by atoms with Crippen molar-refractivity contribution in [3.8, 4) is 23.1 Å². The van der Waals surface area contributed by atoms with Gasteiger partial charge in [0.15, 0.2) is 16.7 Å². The van der Waals surface area contributed by atoms with Crippen molar-refractivity contribution >= 4 is 11.8 Å². The number of nitrogens with zero attached hydrogens (tertiary/aromatic N) is 2. The van der Waals surface area contributed by atoms with E-state index in [1.54, 1.807) is 24.3 Å². The minimum atomic E-state index is -0.606. The fraction of sp³-hybridized carbons (Fsp3) is 0.200. The van der Waals surface area contributed by atoms with Gasteiger partial charge in [0.05, 0.1) is 0 Å². The molecule has 5 nitrogen and oxygen atoms in total. The van der Waals surface area contributed by atoms with Crippen molar-refractivity contribution in [1.82, 2.24) is 9.97 Å². The van der Waals surface area contributed by atoms with Gasteiger partial charge in [-0.15, -0.1) is 0 Å². The van der Waals surface area contributed by atoms with Crippen LogP contribution in [0.5, 0.6) is 23.1 Å². The van der Waals surface area contributed by atoms with Gasteiger partial charge in [0, 0.05) is 29.6 Å². The van der Waals surface area contributed by atoms with Gasteiger partial charge in [-0.1, -0.05) is 18.7 Å². The molecule has 1 aliphatic rings. The van der Waals surface area contributed by atoms with Crippen molar-refractivity contribution in [3.63, 3.8) is 0 Å². The van der Waals surface area contributed by atoms with Crippen LogP contribution in [0.3, 0.4) is 0 Å². The van der Waals surface area contributed by atoms with Crippen LogP contribution >= 0.6 is 11.8 Å². The molecule has 4 rings (SSSR count). The van der Waals surface area contributed by atoms with E-state index >= 15 is 0 Å². The number of thioether (sulfide) groups is 1. The zero-order chi connectivity index (χ0) is 19.5. The van der Waals surface area contributed by atoms with Gasteiger partial charge >= 0.3 is 0 Å². The molecule has 3 aromatic rings. The SMILES string of the molecule is CCc1cc(Oc2ccc3c(c2)OCO3)nc(SCc2cc(F)cc(F)c2)n1. The molecule has 2 aromatic carbocycles. The molecule has 0 saturated carbocycles. The first-order valence-corrected chi connectivity index (χ1v) is 9.61. The van der Waals surface area contributed by atoms with Crippen LogP contribution in [0.25, 0.3) is 0 Å². The molecule has 0 radical (unpaired) electrons. The van der Waals surface area contributed by atoms with E-state index in [4.69, 9.17) is 14.2 Å². The van der Waals surface area contributed by atoms with Gasteiger partial charge in [0.1, 0.15) is 17.4 Å². The zero-order valence-electron chi connectivity index (χ0n) is 14.9. The lowest BCUT2D eigenvalue weighted by molar-refractivity contribution is 0.174. The van der Waals surface area contributed by atoms with Crippen LogP contribution in [0.1, 0.15) is 18.2 Å². The minimum Gasteiger partial charge on any atom is -0.454 e. The van der Waals surface area contributed by atoms with Crippen LogP contribution in [0.4, 0.5) is 8.78 Å². The molecule has 144 valence electrons. The number of benzene rings is 2. The molecule has 8 heteroatoms. The van der Waals surface area contributed by atoms with Gasteiger partial charge in [-0.25, -0.2) is 13.8 Å². The molecular formula is C20H16F2N2O3S. The number of halogens is 2. The smallest absolute Gasteiger partial charge is 0.231 e. The summed E-state index contributed by atoms with van der Waals surface area (Å²) >= 11 is 1.29. The lowest BCUT2D eigenvalue weighted by Crippen LogP contribution is -1.98. The molecule has 2 heterocycles. The molecular weight excluding hydrogens is 386 g/mol. The topological polar surface area (TPSA) is 53.5 Å². The molecule has 1 aromatic heterocycles. The number of rotatable bonds is 6. The molecule has 0 saturated heterocycles. The van der Waals surface area contributed by atoms with E-state index in [0.717, 1.165) is 11.8 Å². The normalized spacial score (nSPS) is 12.2. The largest absolute Gasteiger partial charge is 0.454 e. The Morgan fingerprint density at radius 3 is 2.57 bits per heavy atom. The van der Waals surface area contributed by atoms with Gasteiger partial charge in [-0.05, 0) is 36.2 Å². The van der Waals surface area contributed by atoms with E-state index in [9.17, 15) is 8.78 Å². The van der Waals surface area contributed by atoms with Gasteiger partial charge in [0.25, 0.3) is 0 Å². The Morgan fingerprint density at radius 1 is 1.00 bits per heavy atom. The number of ether oxygens (including phenoxy) is 3. The quantitative estimate of drug-likeness (QED) is 0.421. The monoisotopic (exact) mass is 402 g/mol. The maximum atomic E-state index is 13.4. The molecule has 28 heavy (non-hydrogen) atoms. The summed E-state index contributed by atoms with van der Waals surface area (Å²) in [7, 11) is 0. The third kappa shape index (κ3) is 4.33. The first kappa shape index (κ1) is 18.5. The number of fused-ring (bicyclic) bond motifs is 1. The van der Waals surface area contributed by atoms with E-state index < -0.39 is 11.6 Å². The second-order valence-corrected chi connectivity index (χ2v) is 6.96. The lowest BCUT2D eigenvalue weighted by Gasteiger charge is -2.09. The van der Waals surface area contributed by atoms with Crippen molar-refractivity contribution in [1.29, 1.82) is 0 Å². The van der Waals surface area contributed by atoms with E-state index in [1.165, 1.54) is 23.9 Å².